The molecule has 0 unspecified atom stereocenters. The molecule has 124 valence electrons. The summed E-state index contributed by atoms with van der Waals surface area (Å²) in [4.78, 5) is 11.9. The van der Waals surface area contributed by atoms with E-state index in [4.69, 9.17) is 9.47 Å². The Morgan fingerprint density at radius 1 is 1.24 bits per heavy atom. The zero-order valence-electron chi connectivity index (χ0n) is 14.4. The van der Waals surface area contributed by atoms with Crippen molar-refractivity contribution in [1.29, 1.82) is 0 Å². The Bertz CT molecular complexity index is 304. The molecule has 0 aromatic heterocycles. The topological polar surface area (TPSA) is 47.6 Å². The third-order valence-electron chi connectivity index (χ3n) is 4.26. The van der Waals surface area contributed by atoms with Gasteiger partial charge in [-0.25, -0.2) is 4.79 Å². The zero-order valence-corrected chi connectivity index (χ0v) is 14.4. The molecule has 1 saturated carbocycles. The maximum Gasteiger partial charge on any atom is 0.407 e. The first-order valence-electron chi connectivity index (χ1n) is 8.46. The smallest absolute Gasteiger partial charge is 0.407 e. The Hall–Kier alpha value is -0.770. The van der Waals surface area contributed by atoms with E-state index in [1.807, 2.05) is 13.8 Å². The fraction of sp³-hybridized carbons (Fsp3) is 0.941. The van der Waals surface area contributed by atoms with Crippen molar-refractivity contribution in [3.05, 3.63) is 0 Å². The van der Waals surface area contributed by atoms with Crippen LogP contribution < -0.4 is 5.32 Å². The standard InChI is InChI=1S/C17H33NO3/c1-12(2)15-8-7-14(5)11-16(15)21-17(19)18-9-6-10-20-13(3)4/h12-16H,6-11H2,1-5H3,(H,18,19)/t14-,15+,16-/m1/s1. The molecule has 3 atom stereocenters. The Balaban J connectivity index is 2.27. The number of ether oxygens (including phenoxy) is 2. The van der Waals surface area contributed by atoms with E-state index in [2.05, 4.69) is 26.1 Å². The van der Waals surface area contributed by atoms with Crippen LogP contribution in [0.2, 0.25) is 0 Å². The second kappa shape index (κ2) is 9.29. The zero-order chi connectivity index (χ0) is 15.8. The molecule has 1 amide bonds. The largest absolute Gasteiger partial charge is 0.446 e. The molecule has 21 heavy (non-hydrogen) atoms. The van der Waals surface area contributed by atoms with Gasteiger partial charge in [-0.15, -0.1) is 0 Å². The van der Waals surface area contributed by atoms with Gasteiger partial charge >= 0.3 is 6.09 Å². The molecule has 0 aromatic carbocycles. The Kier molecular flexibility index (Phi) is 8.09. The molecule has 0 aliphatic heterocycles. The van der Waals surface area contributed by atoms with Crippen molar-refractivity contribution in [2.24, 2.45) is 17.8 Å². The van der Waals surface area contributed by atoms with Crippen LogP contribution in [0.5, 0.6) is 0 Å². The van der Waals surface area contributed by atoms with Crippen molar-refractivity contribution in [2.45, 2.75) is 72.5 Å². The lowest BCUT2D eigenvalue weighted by Crippen LogP contribution is -2.39. The number of carbonyl (C=O) groups excluding carboxylic acids is 1. The molecule has 1 fully saturated rings. The molecular weight excluding hydrogens is 266 g/mol. The second-order valence-corrected chi connectivity index (χ2v) is 6.97. The van der Waals surface area contributed by atoms with Gasteiger partial charge in [-0.3, -0.25) is 0 Å². The maximum absolute atomic E-state index is 11.9. The van der Waals surface area contributed by atoms with Gasteiger partial charge < -0.3 is 14.8 Å². The van der Waals surface area contributed by atoms with Crippen molar-refractivity contribution in [2.75, 3.05) is 13.2 Å². The fourth-order valence-electron chi connectivity index (χ4n) is 3.01. The molecule has 4 nitrogen and oxygen atoms in total. The number of amides is 1. The van der Waals surface area contributed by atoms with Crippen molar-refractivity contribution in [3.8, 4) is 0 Å². The SMILES string of the molecule is CC(C)OCCCNC(=O)O[C@@H]1C[C@H](C)CC[C@H]1C(C)C. The van der Waals surface area contributed by atoms with Gasteiger partial charge in [0.2, 0.25) is 0 Å². The van der Waals surface area contributed by atoms with Crippen LogP contribution in [-0.2, 0) is 9.47 Å². The lowest BCUT2D eigenvalue weighted by Gasteiger charge is -2.36. The fourth-order valence-corrected chi connectivity index (χ4v) is 3.01. The third-order valence-corrected chi connectivity index (χ3v) is 4.26. The Morgan fingerprint density at radius 2 is 1.95 bits per heavy atom. The van der Waals surface area contributed by atoms with E-state index in [0.717, 1.165) is 12.8 Å². The van der Waals surface area contributed by atoms with Crippen molar-refractivity contribution in [3.63, 3.8) is 0 Å². The van der Waals surface area contributed by atoms with E-state index in [1.165, 1.54) is 12.8 Å². The third kappa shape index (κ3) is 7.16. The molecule has 0 spiro atoms. The number of rotatable bonds is 7. The molecule has 0 heterocycles. The van der Waals surface area contributed by atoms with E-state index in [-0.39, 0.29) is 18.3 Å². The van der Waals surface area contributed by atoms with E-state index in [0.29, 0.717) is 30.9 Å². The summed E-state index contributed by atoms with van der Waals surface area (Å²) in [6.07, 6.45) is 4.27. The highest BCUT2D eigenvalue weighted by molar-refractivity contribution is 5.67. The van der Waals surface area contributed by atoms with Crippen LogP contribution in [0.15, 0.2) is 0 Å². The van der Waals surface area contributed by atoms with Crippen molar-refractivity contribution < 1.29 is 14.3 Å². The summed E-state index contributed by atoms with van der Waals surface area (Å²) in [7, 11) is 0. The van der Waals surface area contributed by atoms with Gasteiger partial charge in [0.15, 0.2) is 0 Å². The molecule has 1 aliphatic rings. The number of nitrogens with one attached hydrogen (secondary N) is 1. The van der Waals surface area contributed by atoms with Gasteiger partial charge in [0.05, 0.1) is 6.10 Å². The van der Waals surface area contributed by atoms with E-state index >= 15 is 0 Å². The van der Waals surface area contributed by atoms with Crippen LogP contribution in [0.4, 0.5) is 4.79 Å². The maximum atomic E-state index is 11.9. The predicted molar refractivity (Wildman–Crippen MR) is 85.3 cm³/mol. The van der Waals surface area contributed by atoms with Crippen LogP contribution in [0, 0.1) is 17.8 Å². The van der Waals surface area contributed by atoms with Gasteiger partial charge in [-0.1, -0.05) is 27.2 Å². The van der Waals surface area contributed by atoms with Gasteiger partial charge in [0.1, 0.15) is 6.10 Å². The molecular formula is C17H33NO3. The van der Waals surface area contributed by atoms with Crippen molar-refractivity contribution >= 4 is 6.09 Å². The summed E-state index contributed by atoms with van der Waals surface area (Å²) in [5, 5.41) is 2.84. The summed E-state index contributed by atoms with van der Waals surface area (Å²) < 4.78 is 11.1. The average molecular weight is 299 g/mol. The number of carbonyl (C=O) groups is 1. The van der Waals surface area contributed by atoms with E-state index in [9.17, 15) is 4.79 Å². The molecule has 1 aliphatic carbocycles. The minimum Gasteiger partial charge on any atom is -0.446 e. The second-order valence-electron chi connectivity index (χ2n) is 6.97. The lowest BCUT2D eigenvalue weighted by atomic mass is 9.75. The lowest BCUT2D eigenvalue weighted by molar-refractivity contribution is 0.00585. The number of hydrogen-bond acceptors (Lipinski definition) is 3. The van der Waals surface area contributed by atoms with Gasteiger partial charge in [-0.2, -0.15) is 0 Å². The first-order chi connectivity index (χ1) is 9.90. The monoisotopic (exact) mass is 299 g/mol. The van der Waals surface area contributed by atoms with Gasteiger partial charge in [-0.05, 0) is 50.9 Å². The molecule has 1 N–H and O–H groups in total. The minimum absolute atomic E-state index is 0.0701. The molecule has 4 heteroatoms. The highest BCUT2D eigenvalue weighted by Gasteiger charge is 2.33. The van der Waals surface area contributed by atoms with Crippen LogP contribution in [0.3, 0.4) is 0 Å². The van der Waals surface area contributed by atoms with Crippen LogP contribution >= 0.6 is 0 Å². The average Bonchev–Trinajstić information content (AvgIpc) is 2.37. The molecule has 0 bridgehead atoms. The van der Waals surface area contributed by atoms with Crippen LogP contribution in [0.25, 0.3) is 0 Å². The Labute approximate surface area is 130 Å². The van der Waals surface area contributed by atoms with Gasteiger partial charge in [0, 0.05) is 13.2 Å². The minimum atomic E-state index is -0.274. The van der Waals surface area contributed by atoms with E-state index < -0.39 is 0 Å². The highest BCUT2D eigenvalue weighted by atomic mass is 16.6. The summed E-state index contributed by atoms with van der Waals surface area (Å²) >= 11 is 0. The normalized spacial score (nSPS) is 26.1. The Morgan fingerprint density at radius 3 is 2.57 bits per heavy atom. The summed E-state index contributed by atoms with van der Waals surface area (Å²) in [6.45, 7) is 12.0. The molecule has 1 rings (SSSR count). The molecule has 0 aromatic rings. The van der Waals surface area contributed by atoms with Crippen molar-refractivity contribution in [1.82, 2.24) is 5.32 Å². The number of alkyl carbamates (subject to hydrolysis) is 1. The quantitative estimate of drug-likeness (QED) is 0.723. The summed E-state index contributed by atoms with van der Waals surface area (Å²) in [6, 6.07) is 0. The molecule has 0 saturated heterocycles. The highest BCUT2D eigenvalue weighted by Crippen LogP contribution is 2.35. The number of hydrogen-bond donors (Lipinski definition) is 1. The summed E-state index contributed by atoms with van der Waals surface area (Å²) in [5.41, 5.74) is 0. The molecule has 0 radical (unpaired) electrons. The van der Waals surface area contributed by atoms with Gasteiger partial charge in [0.25, 0.3) is 0 Å². The van der Waals surface area contributed by atoms with E-state index in [1.54, 1.807) is 0 Å². The van der Waals surface area contributed by atoms with Crippen LogP contribution in [-0.4, -0.2) is 31.5 Å². The first-order valence-corrected chi connectivity index (χ1v) is 8.46. The first kappa shape index (κ1) is 18.3. The predicted octanol–water partition coefficient (Wildman–Crippen LogP) is 3.99. The van der Waals surface area contributed by atoms with Crippen LogP contribution in [0.1, 0.15) is 60.3 Å². The summed E-state index contributed by atoms with van der Waals surface area (Å²) in [5.74, 6) is 1.71.